The lowest BCUT2D eigenvalue weighted by molar-refractivity contribution is 0.132. The summed E-state index contributed by atoms with van der Waals surface area (Å²) < 4.78 is 6.25. The van der Waals surface area contributed by atoms with Crippen LogP contribution in [-0.2, 0) is 12.8 Å². The van der Waals surface area contributed by atoms with Gasteiger partial charge in [0, 0.05) is 36.5 Å². The first kappa shape index (κ1) is 15.7. The highest BCUT2D eigenvalue weighted by Gasteiger charge is 2.31. The molecule has 2 aliphatic rings. The van der Waals surface area contributed by atoms with Gasteiger partial charge in [-0.1, -0.05) is 18.2 Å². The zero-order valence-electron chi connectivity index (χ0n) is 14.2. The highest BCUT2D eigenvalue weighted by molar-refractivity contribution is 7.15. The average molecular weight is 341 g/mol. The summed E-state index contributed by atoms with van der Waals surface area (Å²) in [4.78, 5) is 8.35. The van der Waals surface area contributed by atoms with Gasteiger partial charge < -0.3 is 10.5 Å². The third kappa shape index (κ3) is 2.94. The highest BCUT2D eigenvalue weighted by atomic mass is 32.1. The zero-order chi connectivity index (χ0) is 16.7. The van der Waals surface area contributed by atoms with Crippen molar-refractivity contribution in [3.05, 3.63) is 46.0 Å². The largest absolute Gasteiger partial charge is 0.483 e. The normalized spacial score (nSPS) is 19.7. The van der Waals surface area contributed by atoms with Crippen molar-refractivity contribution in [1.29, 1.82) is 0 Å². The van der Waals surface area contributed by atoms with Crippen LogP contribution in [0.3, 0.4) is 0 Å². The molecule has 0 fully saturated rings. The second-order valence-electron chi connectivity index (χ2n) is 7.02. The molecule has 0 atom stereocenters. The van der Waals surface area contributed by atoms with Gasteiger partial charge in [-0.3, -0.25) is 4.90 Å². The van der Waals surface area contributed by atoms with Gasteiger partial charge in [0.25, 0.3) is 0 Å². The summed E-state index contributed by atoms with van der Waals surface area (Å²) in [6, 6.07) is 8.26. The summed E-state index contributed by atoms with van der Waals surface area (Å²) >= 11 is 1.64. The van der Waals surface area contributed by atoms with E-state index in [0.29, 0.717) is 5.13 Å². The number of anilines is 1. The van der Waals surface area contributed by atoms with Crippen LogP contribution in [0.5, 0.6) is 5.75 Å². The molecule has 0 saturated heterocycles. The lowest BCUT2D eigenvalue weighted by Crippen LogP contribution is -2.40. The minimum Gasteiger partial charge on any atom is -0.483 e. The predicted molar refractivity (Wildman–Crippen MR) is 99.5 cm³/mol. The van der Waals surface area contributed by atoms with Gasteiger partial charge in [0.05, 0.1) is 5.69 Å². The van der Waals surface area contributed by atoms with E-state index in [1.165, 1.54) is 21.7 Å². The van der Waals surface area contributed by atoms with E-state index in [-0.39, 0.29) is 5.60 Å². The maximum absolute atomic E-state index is 6.25. The number of rotatable bonds is 2. The monoisotopic (exact) mass is 341 g/mol. The van der Waals surface area contributed by atoms with Gasteiger partial charge >= 0.3 is 0 Å². The molecule has 2 N–H and O–H groups in total. The fourth-order valence-electron chi connectivity index (χ4n) is 3.46. The first-order chi connectivity index (χ1) is 11.5. The second-order valence-corrected chi connectivity index (χ2v) is 8.13. The molecule has 126 valence electrons. The molecule has 4 nitrogen and oxygen atoms in total. The Morgan fingerprint density at radius 2 is 2.04 bits per heavy atom. The number of nitrogens with two attached hydrogens (primary N) is 1. The van der Waals surface area contributed by atoms with Crippen LogP contribution in [0.1, 0.15) is 30.0 Å². The number of aromatic nitrogens is 1. The van der Waals surface area contributed by atoms with E-state index in [1.54, 1.807) is 11.3 Å². The first-order valence-corrected chi connectivity index (χ1v) is 9.28. The SMILES string of the molecule is CC1(C)Oc2ccccc2C=C1CN1CCc2nc(N)sc2CC1. The number of hydrogen-bond acceptors (Lipinski definition) is 5. The highest BCUT2D eigenvalue weighted by Crippen LogP contribution is 2.36. The Morgan fingerprint density at radius 3 is 2.92 bits per heavy atom. The van der Waals surface area contributed by atoms with Crippen LogP contribution < -0.4 is 10.5 Å². The third-order valence-corrected chi connectivity index (χ3v) is 5.88. The summed E-state index contributed by atoms with van der Waals surface area (Å²) in [7, 11) is 0. The summed E-state index contributed by atoms with van der Waals surface area (Å²) in [5.74, 6) is 0.976. The van der Waals surface area contributed by atoms with E-state index in [0.717, 1.165) is 38.2 Å². The standard InChI is InChI=1S/C19H23N3OS/c1-19(2)14(11-13-5-3-4-6-16(13)23-19)12-22-9-7-15-17(8-10-22)24-18(20)21-15/h3-6,11H,7-10,12H2,1-2H3,(H2,20,21). The molecule has 0 aliphatic carbocycles. The molecular formula is C19H23N3OS. The van der Waals surface area contributed by atoms with Gasteiger partial charge in [-0.2, -0.15) is 0 Å². The number of fused-ring (bicyclic) bond motifs is 2. The minimum atomic E-state index is -0.270. The van der Waals surface area contributed by atoms with Crippen molar-refractivity contribution in [1.82, 2.24) is 9.88 Å². The fourth-order valence-corrected chi connectivity index (χ4v) is 4.33. The van der Waals surface area contributed by atoms with Crippen LogP contribution in [0.4, 0.5) is 5.13 Å². The van der Waals surface area contributed by atoms with E-state index >= 15 is 0 Å². The van der Waals surface area contributed by atoms with Gasteiger partial charge in [0.15, 0.2) is 5.13 Å². The molecule has 0 bridgehead atoms. The van der Waals surface area contributed by atoms with E-state index in [9.17, 15) is 0 Å². The minimum absolute atomic E-state index is 0.270. The molecule has 3 heterocycles. The van der Waals surface area contributed by atoms with Gasteiger partial charge in [0.1, 0.15) is 11.4 Å². The van der Waals surface area contributed by atoms with Crippen LogP contribution in [-0.4, -0.2) is 35.1 Å². The molecule has 5 heteroatoms. The fraction of sp³-hybridized carbons (Fsp3) is 0.421. The van der Waals surface area contributed by atoms with Gasteiger partial charge in [-0.05, 0) is 38.0 Å². The van der Waals surface area contributed by atoms with Crippen LogP contribution in [0.15, 0.2) is 29.8 Å². The number of para-hydroxylation sites is 1. The first-order valence-electron chi connectivity index (χ1n) is 8.47. The Balaban J connectivity index is 1.53. The van der Waals surface area contributed by atoms with E-state index in [1.807, 2.05) is 12.1 Å². The lowest BCUT2D eigenvalue weighted by Gasteiger charge is -2.36. The Labute approximate surface area is 147 Å². The average Bonchev–Trinajstić information content (AvgIpc) is 2.80. The number of benzene rings is 1. The van der Waals surface area contributed by atoms with Crippen molar-refractivity contribution in [2.24, 2.45) is 0 Å². The summed E-state index contributed by atoms with van der Waals surface area (Å²) in [5, 5.41) is 0.703. The second kappa shape index (κ2) is 5.90. The van der Waals surface area contributed by atoms with Gasteiger partial charge in [-0.15, -0.1) is 11.3 Å². The van der Waals surface area contributed by atoms with Crippen LogP contribution in [0, 0.1) is 0 Å². The number of nitrogen functional groups attached to an aromatic ring is 1. The van der Waals surface area contributed by atoms with Crippen molar-refractivity contribution in [2.75, 3.05) is 25.4 Å². The Kier molecular flexibility index (Phi) is 3.85. The molecule has 0 amide bonds. The van der Waals surface area contributed by atoms with Gasteiger partial charge in [0.2, 0.25) is 0 Å². The molecule has 24 heavy (non-hydrogen) atoms. The number of thiazole rings is 1. The van der Waals surface area contributed by atoms with Crippen LogP contribution in [0.2, 0.25) is 0 Å². The van der Waals surface area contributed by atoms with Crippen LogP contribution >= 0.6 is 11.3 Å². The third-order valence-electron chi connectivity index (χ3n) is 4.90. The molecular weight excluding hydrogens is 318 g/mol. The van der Waals surface area contributed by atoms with E-state index < -0.39 is 0 Å². The molecule has 0 unspecified atom stereocenters. The number of hydrogen-bond donors (Lipinski definition) is 1. The Hall–Kier alpha value is -1.85. The quantitative estimate of drug-likeness (QED) is 0.910. The number of nitrogens with zero attached hydrogens (tertiary/aromatic N) is 2. The lowest BCUT2D eigenvalue weighted by atomic mass is 9.91. The smallest absolute Gasteiger partial charge is 0.180 e. The summed E-state index contributed by atoms with van der Waals surface area (Å²) in [5.41, 5.74) is 9.27. The maximum Gasteiger partial charge on any atom is 0.180 e. The molecule has 0 spiro atoms. The number of ether oxygens (including phenoxy) is 1. The van der Waals surface area contributed by atoms with Gasteiger partial charge in [-0.25, -0.2) is 4.98 Å². The van der Waals surface area contributed by atoms with E-state index in [4.69, 9.17) is 10.5 Å². The van der Waals surface area contributed by atoms with Crippen molar-refractivity contribution < 1.29 is 4.74 Å². The van der Waals surface area contributed by atoms with E-state index in [2.05, 4.69) is 41.9 Å². The molecule has 0 saturated carbocycles. The molecule has 1 aromatic carbocycles. The Morgan fingerprint density at radius 1 is 1.25 bits per heavy atom. The predicted octanol–water partition coefficient (Wildman–Crippen LogP) is 3.38. The summed E-state index contributed by atoms with van der Waals surface area (Å²) in [6.45, 7) is 7.32. The summed E-state index contributed by atoms with van der Waals surface area (Å²) in [6.07, 6.45) is 4.32. The molecule has 2 aliphatic heterocycles. The topological polar surface area (TPSA) is 51.4 Å². The zero-order valence-corrected chi connectivity index (χ0v) is 15.0. The van der Waals surface area contributed by atoms with Crippen molar-refractivity contribution in [2.45, 2.75) is 32.3 Å². The molecule has 2 aromatic rings. The molecule has 4 rings (SSSR count). The van der Waals surface area contributed by atoms with Crippen molar-refractivity contribution in [3.63, 3.8) is 0 Å². The van der Waals surface area contributed by atoms with Crippen LogP contribution in [0.25, 0.3) is 6.08 Å². The molecule has 1 aromatic heterocycles. The Bertz CT molecular complexity index is 768. The van der Waals surface area contributed by atoms with Crippen molar-refractivity contribution >= 4 is 22.5 Å². The molecule has 0 radical (unpaired) electrons. The van der Waals surface area contributed by atoms with Crippen molar-refractivity contribution in [3.8, 4) is 5.75 Å². The maximum atomic E-state index is 6.25.